The van der Waals surface area contributed by atoms with Crippen LogP contribution in [0.2, 0.25) is 0 Å². The number of nitro groups is 1. The van der Waals surface area contributed by atoms with E-state index in [9.17, 15) is 41.3 Å². The van der Waals surface area contributed by atoms with Crippen molar-refractivity contribution in [2.45, 2.75) is 12.4 Å². The van der Waals surface area contributed by atoms with Gasteiger partial charge in [0.05, 0.1) is 10.5 Å². The van der Waals surface area contributed by atoms with Crippen LogP contribution >= 0.6 is 0 Å². The van der Waals surface area contributed by atoms with Crippen LogP contribution in [0, 0.1) is 10.1 Å². The average molecular weight is 332 g/mol. The molecule has 1 N–H and O–H groups in total. The first-order chi connectivity index (χ1) is 9.87. The Hall–Kier alpha value is -2.53. The van der Waals surface area contributed by atoms with Crippen molar-refractivity contribution in [3.8, 4) is 5.75 Å². The molecule has 22 heavy (non-hydrogen) atoms. The minimum atomic E-state index is -5.41. The molecule has 0 aliphatic heterocycles. The van der Waals surface area contributed by atoms with Crippen LogP contribution in [0.1, 0.15) is 11.1 Å². The smallest absolute Gasteiger partial charge is 0.402 e. The van der Waals surface area contributed by atoms with Gasteiger partial charge in [0.2, 0.25) is 5.75 Å². The summed E-state index contributed by atoms with van der Waals surface area (Å²) in [7, 11) is 0.950. The first-order valence-corrected chi connectivity index (χ1v) is 5.24. The fraction of sp³-hybridized carbons (Fsp3) is 0.300. The summed E-state index contributed by atoms with van der Waals surface area (Å²) in [4.78, 5) is 20.2. The molecule has 12 heteroatoms. The number of rotatable bonds is 2. The van der Waals surface area contributed by atoms with Crippen LogP contribution < -0.4 is 10.1 Å². The Morgan fingerprint density at radius 3 is 2.09 bits per heavy atom. The highest BCUT2D eigenvalue weighted by Gasteiger charge is 2.43. The number of nitrogens with one attached hydrogen (secondary N) is 1. The molecule has 0 aliphatic carbocycles. The predicted octanol–water partition coefficient (Wildman–Crippen LogP) is 3.35. The molecular weight excluding hydrogens is 326 g/mol. The van der Waals surface area contributed by atoms with Gasteiger partial charge in [0.1, 0.15) is 5.56 Å². The molecule has 0 atom stereocenters. The van der Waals surface area contributed by atoms with Gasteiger partial charge in [0.15, 0.2) is 0 Å². The summed E-state index contributed by atoms with van der Waals surface area (Å²) in [5.74, 6) is -1.62. The Morgan fingerprint density at radius 2 is 1.73 bits per heavy atom. The van der Waals surface area contributed by atoms with Crippen LogP contribution in [-0.2, 0) is 12.4 Å². The molecule has 0 saturated carbocycles. The van der Waals surface area contributed by atoms with Crippen molar-refractivity contribution in [1.29, 1.82) is 0 Å². The molecule has 0 fully saturated rings. The van der Waals surface area contributed by atoms with Gasteiger partial charge in [-0.1, -0.05) is 0 Å². The van der Waals surface area contributed by atoms with Crippen LogP contribution in [0.25, 0.3) is 0 Å². The first kappa shape index (κ1) is 17.5. The van der Waals surface area contributed by atoms with E-state index in [1.165, 1.54) is 0 Å². The van der Waals surface area contributed by atoms with E-state index in [4.69, 9.17) is 0 Å². The maximum Gasteiger partial charge on any atom is 0.420 e. The van der Waals surface area contributed by atoms with Gasteiger partial charge in [-0.3, -0.25) is 10.1 Å². The minimum Gasteiger partial charge on any atom is -0.402 e. The van der Waals surface area contributed by atoms with Crippen molar-refractivity contribution < 1.29 is 40.8 Å². The van der Waals surface area contributed by atoms with E-state index < -0.39 is 45.9 Å². The number of nitro benzene ring substituents is 1. The molecule has 6 nitrogen and oxygen atoms in total. The lowest BCUT2D eigenvalue weighted by molar-refractivity contribution is -0.386. The average Bonchev–Trinajstić information content (AvgIpc) is 2.35. The van der Waals surface area contributed by atoms with Crippen molar-refractivity contribution in [2.75, 3.05) is 7.05 Å². The molecule has 0 bridgehead atoms. The molecule has 0 aliphatic rings. The second-order valence-electron chi connectivity index (χ2n) is 3.76. The number of ether oxygens (including phenoxy) is 1. The molecule has 1 rings (SSSR count). The van der Waals surface area contributed by atoms with Crippen molar-refractivity contribution in [3.63, 3.8) is 0 Å². The predicted molar refractivity (Wildman–Crippen MR) is 58.2 cm³/mol. The van der Waals surface area contributed by atoms with Crippen molar-refractivity contribution in [3.05, 3.63) is 33.4 Å². The highest BCUT2D eigenvalue weighted by Crippen LogP contribution is 2.45. The second kappa shape index (κ2) is 5.69. The van der Waals surface area contributed by atoms with Crippen LogP contribution in [0.4, 0.5) is 36.8 Å². The van der Waals surface area contributed by atoms with Gasteiger partial charge in [-0.2, -0.15) is 26.3 Å². The molecule has 122 valence electrons. The summed E-state index contributed by atoms with van der Waals surface area (Å²) in [6, 6.07) is -0.515. The molecule has 0 spiro atoms. The lowest BCUT2D eigenvalue weighted by atomic mass is 10.1. The fourth-order valence-corrected chi connectivity index (χ4v) is 1.37. The van der Waals surface area contributed by atoms with Crippen molar-refractivity contribution in [1.82, 2.24) is 5.32 Å². The Labute approximate surface area is 117 Å². The van der Waals surface area contributed by atoms with Gasteiger partial charge in [-0.15, -0.1) is 0 Å². The van der Waals surface area contributed by atoms with E-state index in [1.54, 1.807) is 5.32 Å². The first-order valence-electron chi connectivity index (χ1n) is 5.24. The monoisotopic (exact) mass is 332 g/mol. The maximum absolute atomic E-state index is 12.8. The third-order valence-electron chi connectivity index (χ3n) is 2.30. The van der Waals surface area contributed by atoms with E-state index in [-0.39, 0.29) is 12.1 Å². The summed E-state index contributed by atoms with van der Waals surface area (Å²) in [5.41, 5.74) is -5.61. The molecule has 0 unspecified atom stereocenters. The standard InChI is InChI=1S/C10H6F6N2O4/c1-17-8(19)22-7-5(10(14,15)16)2-4(9(11,12)13)3-6(7)18(20)21/h2-3H,1H3,(H,17,19). The Balaban J connectivity index is 3.70. The molecule has 1 aromatic carbocycles. The topological polar surface area (TPSA) is 81.5 Å². The Bertz CT molecular complexity index is 611. The highest BCUT2D eigenvalue weighted by atomic mass is 19.4. The number of carbonyl (C=O) groups excluding carboxylic acids is 1. The molecule has 1 amide bonds. The van der Waals surface area contributed by atoms with E-state index >= 15 is 0 Å². The lowest BCUT2D eigenvalue weighted by Crippen LogP contribution is -2.24. The molecular formula is C10H6F6N2O4. The summed E-state index contributed by atoms with van der Waals surface area (Å²) in [6.45, 7) is 0. The Kier molecular flexibility index (Phi) is 4.53. The van der Waals surface area contributed by atoms with Gasteiger partial charge in [0.25, 0.3) is 0 Å². The Morgan fingerprint density at radius 1 is 1.18 bits per heavy atom. The zero-order valence-corrected chi connectivity index (χ0v) is 10.5. The minimum absolute atomic E-state index is 0.145. The molecule has 0 saturated heterocycles. The fourth-order valence-electron chi connectivity index (χ4n) is 1.37. The highest BCUT2D eigenvalue weighted by molar-refractivity contribution is 5.73. The largest absolute Gasteiger partial charge is 0.420 e. The normalized spacial score (nSPS) is 12.0. The van der Waals surface area contributed by atoms with Crippen LogP contribution in [0.5, 0.6) is 5.75 Å². The number of hydrogen-bond donors (Lipinski definition) is 1. The number of carbonyl (C=O) groups is 1. The third-order valence-corrected chi connectivity index (χ3v) is 2.30. The van der Waals surface area contributed by atoms with Gasteiger partial charge in [-0.25, -0.2) is 4.79 Å². The zero-order valence-electron chi connectivity index (χ0n) is 10.5. The number of nitrogens with zero attached hydrogens (tertiary/aromatic N) is 1. The summed E-state index contributed by atoms with van der Waals surface area (Å²) < 4.78 is 80.2. The number of alkyl halides is 6. The summed E-state index contributed by atoms with van der Waals surface area (Å²) in [5, 5.41) is 12.4. The maximum atomic E-state index is 12.8. The quantitative estimate of drug-likeness (QED) is 0.511. The molecule has 0 heterocycles. The van der Waals surface area contributed by atoms with Crippen LogP contribution in [-0.4, -0.2) is 18.1 Å². The number of hydrogen-bond acceptors (Lipinski definition) is 4. The van der Waals surface area contributed by atoms with Gasteiger partial charge < -0.3 is 10.1 Å². The molecule has 0 aromatic heterocycles. The SMILES string of the molecule is CNC(=O)Oc1c([N+](=O)[O-])cc(C(F)(F)F)cc1C(F)(F)F. The second-order valence-corrected chi connectivity index (χ2v) is 3.76. The third kappa shape index (κ3) is 3.77. The van der Waals surface area contributed by atoms with E-state index in [2.05, 4.69) is 4.74 Å². The van der Waals surface area contributed by atoms with Gasteiger partial charge in [0, 0.05) is 13.1 Å². The van der Waals surface area contributed by atoms with Crippen molar-refractivity contribution in [2.24, 2.45) is 0 Å². The van der Waals surface area contributed by atoms with E-state index in [0.29, 0.717) is 0 Å². The zero-order chi connectivity index (χ0) is 17.3. The van der Waals surface area contributed by atoms with Crippen LogP contribution in [0.15, 0.2) is 12.1 Å². The van der Waals surface area contributed by atoms with E-state index in [1.807, 2.05) is 0 Å². The number of amides is 1. The summed E-state index contributed by atoms with van der Waals surface area (Å²) in [6.07, 6.45) is -12.2. The van der Waals surface area contributed by atoms with Crippen molar-refractivity contribution >= 4 is 11.8 Å². The van der Waals surface area contributed by atoms with E-state index in [0.717, 1.165) is 7.05 Å². The van der Waals surface area contributed by atoms with Crippen LogP contribution in [0.3, 0.4) is 0 Å². The number of benzene rings is 1. The van der Waals surface area contributed by atoms with Gasteiger partial charge >= 0.3 is 24.1 Å². The van der Waals surface area contributed by atoms with Gasteiger partial charge in [-0.05, 0) is 6.07 Å². The number of halogens is 6. The summed E-state index contributed by atoms with van der Waals surface area (Å²) >= 11 is 0. The lowest BCUT2D eigenvalue weighted by Gasteiger charge is -2.15. The molecule has 0 radical (unpaired) electrons. The molecule has 1 aromatic rings.